The van der Waals surface area contributed by atoms with Crippen molar-refractivity contribution < 1.29 is 29.3 Å². The number of aliphatic hydroxyl groups excluding tert-OH is 1. The predicted octanol–water partition coefficient (Wildman–Crippen LogP) is 9.41. The summed E-state index contributed by atoms with van der Waals surface area (Å²) in [6.07, 6.45) is 29.7. The fraction of sp³-hybridized carbons (Fsp3) is 0.914. The van der Waals surface area contributed by atoms with Crippen molar-refractivity contribution in [2.24, 2.45) is 5.73 Å². The van der Waals surface area contributed by atoms with Gasteiger partial charge < -0.3 is 20.7 Å². The first-order chi connectivity index (χ1) is 20.3. The van der Waals surface area contributed by atoms with Gasteiger partial charge in [0.25, 0.3) is 0 Å². The molecule has 7 heteroatoms. The summed E-state index contributed by atoms with van der Waals surface area (Å²) < 4.78 is 4.62. The number of rotatable bonds is 29. The van der Waals surface area contributed by atoms with Gasteiger partial charge in [-0.1, -0.05) is 156 Å². The van der Waals surface area contributed by atoms with Gasteiger partial charge in [-0.2, -0.15) is 0 Å². The van der Waals surface area contributed by atoms with Crippen molar-refractivity contribution in [2.75, 3.05) is 0 Å². The van der Waals surface area contributed by atoms with E-state index in [9.17, 15) is 19.5 Å². The third-order valence-corrected chi connectivity index (χ3v) is 7.70. The summed E-state index contributed by atoms with van der Waals surface area (Å²) in [6, 6.07) is -1.06. The van der Waals surface area contributed by atoms with Crippen LogP contribution >= 0.6 is 0 Å². The Morgan fingerprint density at radius 3 is 1.29 bits per heavy atom. The molecule has 0 spiro atoms. The van der Waals surface area contributed by atoms with E-state index in [0.29, 0.717) is 6.42 Å². The van der Waals surface area contributed by atoms with Crippen molar-refractivity contribution in [3.63, 3.8) is 0 Å². The molecule has 0 aliphatic carbocycles. The van der Waals surface area contributed by atoms with Gasteiger partial charge in [0.1, 0.15) is 6.04 Å². The minimum atomic E-state index is -1.06. The van der Waals surface area contributed by atoms with Crippen LogP contribution in [0.1, 0.15) is 194 Å². The third-order valence-electron chi connectivity index (χ3n) is 7.70. The molecule has 2 atom stereocenters. The quantitative estimate of drug-likeness (QED) is 0.0444. The second-order valence-electron chi connectivity index (χ2n) is 12.0. The average Bonchev–Trinajstić information content (AvgIpc) is 2.96. The summed E-state index contributed by atoms with van der Waals surface area (Å²) in [5.74, 6) is -2.45. The maximum Gasteiger partial charge on any atom is 0.330 e. The Kier molecular flexibility index (Phi) is 34.6. The fourth-order valence-electron chi connectivity index (χ4n) is 4.86. The van der Waals surface area contributed by atoms with Gasteiger partial charge in [-0.15, -0.1) is 0 Å². The Morgan fingerprint density at radius 2 is 0.905 bits per heavy atom. The monoisotopic (exact) mass is 600 g/mol. The van der Waals surface area contributed by atoms with E-state index in [1.54, 1.807) is 0 Å². The van der Waals surface area contributed by atoms with E-state index in [4.69, 9.17) is 10.8 Å². The zero-order valence-corrected chi connectivity index (χ0v) is 27.9. The smallest absolute Gasteiger partial charge is 0.330 e. The Hall–Kier alpha value is -1.47. The molecule has 2 unspecified atom stereocenters. The van der Waals surface area contributed by atoms with Crippen LogP contribution in [0.4, 0.5) is 0 Å². The van der Waals surface area contributed by atoms with E-state index in [-0.39, 0.29) is 25.4 Å². The molecule has 0 saturated carbocycles. The van der Waals surface area contributed by atoms with Gasteiger partial charge >= 0.3 is 17.9 Å². The summed E-state index contributed by atoms with van der Waals surface area (Å²) in [4.78, 5) is 33.3. The summed E-state index contributed by atoms with van der Waals surface area (Å²) in [5.41, 5.74) is 5.47. The van der Waals surface area contributed by atoms with Crippen LogP contribution in [-0.4, -0.2) is 40.3 Å². The lowest BCUT2D eigenvalue weighted by molar-refractivity contribution is -0.160. The Balaban J connectivity index is 0. The van der Waals surface area contributed by atoms with E-state index < -0.39 is 23.9 Å². The molecule has 7 nitrogen and oxygen atoms in total. The van der Waals surface area contributed by atoms with Crippen LogP contribution < -0.4 is 5.73 Å². The van der Waals surface area contributed by atoms with Crippen LogP contribution in [0.2, 0.25) is 0 Å². The highest BCUT2D eigenvalue weighted by atomic mass is 16.6. The van der Waals surface area contributed by atoms with Gasteiger partial charge in [0.2, 0.25) is 0 Å². The molecule has 4 N–H and O–H groups in total. The molecule has 0 radical (unpaired) electrons. The number of carbonyl (C=O) groups excluding carboxylic acids is 2. The molecule has 0 bridgehead atoms. The number of aliphatic carboxylic acids is 1. The lowest BCUT2D eigenvalue weighted by Gasteiger charge is -2.10. The van der Waals surface area contributed by atoms with Gasteiger partial charge in [0, 0.05) is 12.8 Å². The average molecular weight is 600 g/mol. The van der Waals surface area contributed by atoms with Crippen LogP contribution in [0.3, 0.4) is 0 Å². The van der Waals surface area contributed by atoms with Crippen molar-refractivity contribution in [2.45, 2.75) is 206 Å². The molecule has 0 aromatic carbocycles. The summed E-state index contributed by atoms with van der Waals surface area (Å²) in [7, 11) is 0. The second kappa shape index (κ2) is 34.0. The molecule has 0 heterocycles. The maximum absolute atomic E-state index is 11.5. The van der Waals surface area contributed by atoms with E-state index in [1.165, 1.54) is 122 Å². The highest BCUT2D eigenvalue weighted by molar-refractivity contribution is 5.88. The van der Waals surface area contributed by atoms with Crippen LogP contribution in [0, 0.1) is 0 Å². The van der Waals surface area contributed by atoms with E-state index >= 15 is 0 Å². The van der Waals surface area contributed by atoms with Crippen LogP contribution in [0.15, 0.2) is 0 Å². The van der Waals surface area contributed by atoms with Gasteiger partial charge in [-0.05, 0) is 25.7 Å². The molecule has 0 saturated heterocycles. The largest absolute Gasteiger partial charge is 0.481 e. The zero-order chi connectivity index (χ0) is 31.7. The maximum atomic E-state index is 11.5. The van der Waals surface area contributed by atoms with Gasteiger partial charge in [-0.25, -0.2) is 4.79 Å². The molecule has 0 aliphatic rings. The molecule has 0 amide bonds. The molecular formula is C35H69NO6. The first kappa shape index (κ1) is 42.7. The van der Waals surface area contributed by atoms with Gasteiger partial charge in [0.15, 0.2) is 0 Å². The molecule has 0 fully saturated rings. The summed E-state index contributed by atoms with van der Waals surface area (Å²) in [6.45, 7) is 6.72. The third kappa shape index (κ3) is 34.7. The van der Waals surface area contributed by atoms with E-state index in [0.717, 1.165) is 25.7 Å². The first-order valence-electron chi connectivity index (χ1n) is 17.7. The SMILES string of the molecule is CCCCCCCCCC(O)CCCCCCCC.CCCCCCCCCCCC(=O)OC(=O)C(N)CCC(=O)O. The van der Waals surface area contributed by atoms with Crippen molar-refractivity contribution >= 4 is 17.9 Å². The topological polar surface area (TPSA) is 127 Å². The number of hydrogen-bond donors (Lipinski definition) is 3. The number of nitrogens with two attached hydrogens (primary N) is 1. The number of hydrogen-bond acceptors (Lipinski definition) is 6. The number of carbonyl (C=O) groups is 3. The molecule has 0 rings (SSSR count). The number of unbranched alkanes of at least 4 members (excludes halogenated alkanes) is 19. The van der Waals surface area contributed by atoms with Crippen molar-refractivity contribution in [1.82, 2.24) is 0 Å². The molecule has 250 valence electrons. The van der Waals surface area contributed by atoms with Crippen LogP contribution in [-0.2, 0) is 19.1 Å². The second-order valence-corrected chi connectivity index (χ2v) is 12.0. The molecular weight excluding hydrogens is 530 g/mol. The number of ether oxygens (including phenoxy) is 1. The number of carboxylic acids is 1. The minimum Gasteiger partial charge on any atom is -0.481 e. The van der Waals surface area contributed by atoms with E-state index in [1.807, 2.05) is 0 Å². The Bertz CT molecular complexity index is 612. The summed E-state index contributed by atoms with van der Waals surface area (Å²) >= 11 is 0. The lowest BCUT2D eigenvalue weighted by Crippen LogP contribution is -2.34. The van der Waals surface area contributed by atoms with Crippen LogP contribution in [0.25, 0.3) is 0 Å². The number of esters is 2. The normalized spacial score (nSPS) is 12.3. The molecule has 0 aromatic rings. The van der Waals surface area contributed by atoms with Gasteiger partial charge in [0.05, 0.1) is 6.10 Å². The van der Waals surface area contributed by atoms with Crippen LogP contribution in [0.5, 0.6) is 0 Å². The van der Waals surface area contributed by atoms with Crippen molar-refractivity contribution in [1.29, 1.82) is 0 Å². The molecule has 0 aromatic heterocycles. The predicted molar refractivity (Wildman–Crippen MR) is 174 cm³/mol. The number of aliphatic hydroxyl groups is 1. The number of carboxylic acid groups (broad SMARTS) is 1. The van der Waals surface area contributed by atoms with Crippen molar-refractivity contribution in [3.8, 4) is 0 Å². The molecule has 42 heavy (non-hydrogen) atoms. The standard InChI is InChI=1S/C18H38O.C17H31NO5/c1-3-5-7-9-11-13-15-17-18(19)16-14-12-10-8-6-4-2;1-2-3-4-5-6-7-8-9-10-11-16(21)23-17(22)14(18)12-13-15(19)20/h18-19H,3-17H2,1-2H3;14H,2-13,18H2,1H3,(H,19,20). The first-order valence-corrected chi connectivity index (χ1v) is 17.7. The summed E-state index contributed by atoms with van der Waals surface area (Å²) in [5, 5.41) is 18.4. The lowest BCUT2D eigenvalue weighted by atomic mass is 10.0. The minimum absolute atomic E-state index is 0.0261. The van der Waals surface area contributed by atoms with Crippen molar-refractivity contribution in [3.05, 3.63) is 0 Å². The Labute approximate surface area is 259 Å². The Morgan fingerprint density at radius 1 is 0.548 bits per heavy atom. The zero-order valence-electron chi connectivity index (χ0n) is 27.9. The molecule has 0 aliphatic heterocycles. The fourth-order valence-corrected chi connectivity index (χ4v) is 4.86. The van der Waals surface area contributed by atoms with Gasteiger partial charge in [-0.3, -0.25) is 9.59 Å². The van der Waals surface area contributed by atoms with E-state index in [2.05, 4.69) is 25.5 Å². The highest BCUT2D eigenvalue weighted by Crippen LogP contribution is 2.14. The highest BCUT2D eigenvalue weighted by Gasteiger charge is 2.19.